The first-order chi connectivity index (χ1) is 9.81. The number of hydrogen-bond donors (Lipinski definition) is 0. The summed E-state index contributed by atoms with van der Waals surface area (Å²) >= 11 is 0. The molecular formula is C18H34O2. The molecule has 0 saturated carbocycles. The Morgan fingerprint density at radius 2 is 1.30 bits per heavy atom. The van der Waals surface area contributed by atoms with E-state index in [1.54, 1.807) is 0 Å². The highest BCUT2D eigenvalue weighted by atomic mass is 16.5. The summed E-state index contributed by atoms with van der Waals surface area (Å²) in [6.07, 6.45) is 17.5. The van der Waals surface area contributed by atoms with Gasteiger partial charge in [-0.3, -0.25) is 4.79 Å². The van der Waals surface area contributed by atoms with E-state index in [2.05, 4.69) is 13.5 Å². The van der Waals surface area contributed by atoms with Crippen LogP contribution in [0.3, 0.4) is 0 Å². The monoisotopic (exact) mass is 282 g/mol. The summed E-state index contributed by atoms with van der Waals surface area (Å²) < 4.78 is 5.26. The first-order valence-electron chi connectivity index (χ1n) is 8.54. The molecule has 0 aromatic rings. The first-order valence-corrected chi connectivity index (χ1v) is 8.54. The number of unbranched alkanes of at least 4 members (excludes halogenated alkanes) is 11. The maximum absolute atomic E-state index is 10.9. The lowest BCUT2D eigenvalue weighted by Gasteiger charge is -2.03. The van der Waals surface area contributed by atoms with Gasteiger partial charge in [-0.05, 0) is 12.5 Å². The fraction of sp³-hybridized carbons (Fsp3) is 0.833. The normalized spacial score (nSPS) is 10.7. The molecule has 0 bridgehead atoms. The molecule has 0 aliphatic heterocycles. The standard InChI is InChI=1S/C18H34O2/c1-3-5-6-7-8-9-10-11-12-13-14-15-16-20-17-18(19)4-2/h4H,2-3,5-17H2,1H3. The molecule has 118 valence electrons. The van der Waals surface area contributed by atoms with Crippen molar-refractivity contribution in [2.45, 2.75) is 84.0 Å². The molecule has 0 N–H and O–H groups in total. The van der Waals surface area contributed by atoms with E-state index < -0.39 is 0 Å². The molecule has 0 fully saturated rings. The van der Waals surface area contributed by atoms with Crippen LogP contribution in [0.4, 0.5) is 0 Å². The Balaban J connectivity index is 2.99. The molecule has 0 saturated heterocycles. The van der Waals surface area contributed by atoms with Crippen LogP contribution >= 0.6 is 0 Å². The van der Waals surface area contributed by atoms with Gasteiger partial charge in [0.25, 0.3) is 0 Å². The Bertz CT molecular complexity index is 223. The average Bonchev–Trinajstić information content (AvgIpc) is 2.47. The molecule has 0 aliphatic carbocycles. The van der Waals surface area contributed by atoms with Crippen LogP contribution in [0.5, 0.6) is 0 Å². The van der Waals surface area contributed by atoms with Crippen molar-refractivity contribution in [3.8, 4) is 0 Å². The molecule has 0 rings (SSSR count). The van der Waals surface area contributed by atoms with Crippen molar-refractivity contribution in [2.75, 3.05) is 13.2 Å². The summed E-state index contributed by atoms with van der Waals surface area (Å²) in [5.41, 5.74) is 0. The van der Waals surface area contributed by atoms with Crippen LogP contribution in [0.1, 0.15) is 84.0 Å². The van der Waals surface area contributed by atoms with Gasteiger partial charge in [-0.15, -0.1) is 0 Å². The molecule has 0 aliphatic rings. The van der Waals surface area contributed by atoms with Crippen molar-refractivity contribution in [2.24, 2.45) is 0 Å². The van der Waals surface area contributed by atoms with Gasteiger partial charge in [0, 0.05) is 6.61 Å². The second-order valence-electron chi connectivity index (χ2n) is 5.61. The van der Waals surface area contributed by atoms with E-state index in [0.29, 0.717) is 6.61 Å². The zero-order chi connectivity index (χ0) is 14.9. The minimum Gasteiger partial charge on any atom is -0.373 e. The van der Waals surface area contributed by atoms with Crippen LogP contribution in [0, 0.1) is 0 Å². The van der Waals surface area contributed by atoms with Crippen molar-refractivity contribution in [1.82, 2.24) is 0 Å². The highest BCUT2D eigenvalue weighted by Gasteiger charge is 1.96. The van der Waals surface area contributed by atoms with E-state index in [0.717, 1.165) is 6.42 Å². The van der Waals surface area contributed by atoms with Crippen LogP contribution < -0.4 is 0 Å². The molecule has 0 aromatic carbocycles. The lowest BCUT2D eigenvalue weighted by molar-refractivity contribution is -0.118. The summed E-state index contributed by atoms with van der Waals surface area (Å²) in [7, 11) is 0. The minimum atomic E-state index is -0.0241. The fourth-order valence-corrected chi connectivity index (χ4v) is 2.28. The Hall–Kier alpha value is -0.630. The number of rotatable bonds is 16. The predicted molar refractivity (Wildman–Crippen MR) is 87.1 cm³/mol. The van der Waals surface area contributed by atoms with Gasteiger partial charge in [0.2, 0.25) is 0 Å². The Labute approximate surface area is 126 Å². The van der Waals surface area contributed by atoms with Crippen LogP contribution in [0.15, 0.2) is 12.7 Å². The van der Waals surface area contributed by atoms with Crippen LogP contribution in [0.25, 0.3) is 0 Å². The Kier molecular flexibility index (Phi) is 15.9. The minimum absolute atomic E-state index is 0.0241. The Morgan fingerprint density at radius 1 is 0.850 bits per heavy atom. The SMILES string of the molecule is C=CC(=O)COCCCCCCCCCCCCCC. The second kappa shape index (κ2) is 16.4. The Morgan fingerprint density at radius 3 is 1.75 bits per heavy atom. The average molecular weight is 282 g/mol. The van der Waals surface area contributed by atoms with E-state index in [-0.39, 0.29) is 12.4 Å². The number of hydrogen-bond acceptors (Lipinski definition) is 2. The van der Waals surface area contributed by atoms with Gasteiger partial charge in [0.05, 0.1) is 0 Å². The molecule has 0 atom stereocenters. The van der Waals surface area contributed by atoms with Gasteiger partial charge in [-0.2, -0.15) is 0 Å². The molecular weight excluding hydrogens is 248 g/mol. The van der Waals surface area contributed by atoms with E-state index in [1.807, 2.05) is 0 Å². The van der Waals surface area contributed by atoms with Gasteiger partial charge in [-0.25, -0.2) is 0 Å². The van der Waals surface area contributed by atoms with Crippen molar-refractivity contribution in [3.63, 3.8) is 0 Å². The van der Waals surface area contributed by atoms with Crippen molar-refractivity contribution in [3.05, 3.63) is 12.7 Å². The molecule has 2 heteroatoms. The number of ether oxygens (including phenoxy) is 1. The van der Waals surface area contributed by atoms with Crippen molar-refractivity contribution >= 4 is 5.78 Å². The maximum atomic E-state index is 10.9. The van der Waals surface area contributed by atoms with E-state index in [9.17, 15) is 4.79 Å². The zero-order valence-corrected chi connectivity index (χ0v) is 13.5. The van der Waals surface area contributed by atoms with Gasteiger partial charge in [0.15, 0.2) is 5.78 Å². The van der Waals surface area contributed by atoms with E-state index >= 15 is 0 Å². The van der Waals surface area contributed by atoms with Crippen LogP contribution in [-0.4, -0.2) is 19.0 Å². The second-order valence-corrected chi connectivity index (χ2v) is 5.61. The van der Waals surface area contributed by atoms with Gasteiger partial charge in [0.1, 0.15) is 6.61 Å². The molecule has 0 amide bonds. The topological polar surface area (TPSA) is 26.3 Å². The fourth-order valence-electron chi connectivity index (χ4n) is 2.28. The van der Waals surface area contributed by atoms with Gasteiger partial charge >= 0.3 is 0 Å². The van der Waals surface area contributed by atoms with E-state index in [4.69, 9.17) is 4.74 Å². The van der Waals surface area contributed by atoms with Gasteiger partial charge < -0.3 is 4.74 Å². The van der Waals surface area contributed by atoms with E-state index in [1.165, 1.54) is 76.7 Å². The summed E-state index contributed by atoms with van der Waals surface area (Å²) in [5, 5.41) is 0. The highest BCUT2D eigenvalue weighted by Crippen LogP contribution is 2.11. The molecule has 20 heavy (non-hydrogen) atoms. The largest absolute Gasteiger partial charge is 0.373 e. The molecule has 0 aromatic heterocycles. The van der Waals surface area contributed by atoms with Crippen molar-refractivity contribution < 1.29 is 9.53 Å². The molecule has 0 radical (unpaired) electrons. The first kappa shape index (κ1) is 19.4. The third kappa shape index (κ3) is 15.4. The maximum Gasteiger partial charge on any atom is 0.180 e. The molecule has 0 spiro atoms. The molecule has 2 nitrogen and oxygen atoms in total. The number of carbonyl (C=O) groups is 1. The predicted octanol–water partition coefficient (Wildman–Crippen LogP) is 5.46. The number of carbonyl (C=O) groups excluding carboxylic acids is 1. The summed E-state index contributed by atoms with van der Waals surface area (Å²) in [6.45, 7) is 6.58. The third-order valence-corrected chi connectivity index (χ3v) is 3.61. The third-order valence-electron chi connectivity index (χ3n) is 3.61. The highest BCUT2D eigenvalue weighted by molar-refractivity contribution is 5.90. The quantitative estimate of drug-likeness (QED) is 0.277. The summed E-state index contributed by atoms with van der Waals surface area (Å²) in [5.74, 6) is -0.0241. The smallest absolute Gasteiger partial charge is 0.180 e. The zero-order valence-electron chi connectivity index (χ0n) is 13.5. The summed E-state index contributed by atoms with van der Waals surface area (Å²) in [4.78, 5) is 10.9. The number of ketones is 1. The van der Waals surface area contributed by atoms with Crippen LogP contribution in [-0.2, 0) is 9.53 Å². The lowest BCUT2D eigenvalue weighted by atomic mass is 10.1. The van der Waals surface area contributed by atoms with Crippen LogP contribution in [0.2, 0.25) is 0 Å². The molecule has 0 unspecified atom stereocenters. The van der Waals surface area contributed by atoms with Gasteiger partial charge in [-0.1, -0.05) is 84.1 Å². The lowest BCUT2D eigenvalue weighted by Crippen LogP contribution is -2.05. The van der Waals surface area contributed by atoms with Crippen molar-refractivity contribution in [1.29, 1.82) is 0 Å². The molecule has 0 heterocycles. The summed E-state index contributed by atoms with van der Waals surface area (Å²) in [6, 6.07) is 0.